The first-order valence-electron chi connectivity index (χ1n) is 5.01. The zero-order valence-corrected chi connectivity index (χ0v) is 9.17. The molecule has 78 valence electrons. The molecule has 1 aliphatic rings. The Bertz CT molecular complexity index is 276. The molecule has 2 heterocycles. The van der Waals surface area contributed by atoms with Gasteiger partial charge in [-0.05, 0) is 13.3 Å². The molecule has 1 aromatic heterocycles. The monoisotopic (exact) mass is 212 g/mol. The standard InChI is InChI=1S/C10H16N2OS/c1-7-4-8(6-13-7)9(11)5-10-12-2-3-14-10/h2-3,7-9H,4-6,11H2,1H3. The zero-order chi connectivity index (χ0) is 9.97. The summed E-state index contributed by atoms with van der Waals surface area (Å²) >= 11 is 1.68. The predicted octanol–water partition coefficient (Wildman–Crippen LogP) is 1.44. The van der Waals surface area contributed by atoms with Gasteiger partial charge in [0.1, 0.15) is 0 Å². The maximum absolute atomic E-state index is 6.12. The van der Waals surface area contributed by atoms with E-state index in [4.69, 9.17) is 10.5 Å². The Balaban J connectivity index is 1.87. The Morgan fingerprint density at radius 3 is 3.21 bits per heavy atom. The fourth-order valence-corrected chi connectivity index (χ4v) is 2.56. The number of hydrogen-bond acceptors (Lipinski definition) is 4. The SMILES string of the molecule is CC1CC(C(N)Cc2nccs2)CO1. The predicted molar refractivity (Wildman–Crippen MR) is 57.3 cm³/mol. The van der Waals surface area contributed by atoms with E-state index in [0.29, 0.717) is 12.0 Å². The molecule has 0 spiro atoms. The van der Waals surface area contributed by atoms with Crippen LogP contribution in [0.25, 0.3) is 0 Å². The van der Waals surface area contributed by atoms with Crippen molar-refractivity contribution in [1.82, 2.24) is 4.98 Å². The van der Waals surface area contributed by atoms with E-state index in [-0.39, 0.29) is 6.04 Å². The molecule has 1 aromatic rings. The largest absolute Gasteiger partial charge is 0.378 e. The maximum atomic E-state index is 6.12. The summed E-state index contributed by atoms with van der Waals surface area (Å²) < 4.78 is 5.51. The van der Waals surface area contributed by atoms with Crippen molar-refractivity contribution < 1.29 is 4.74 Å². The first-order valence-corrected chi connectivity index (χ1v) is 5.89. The van der Waals surface area contributed by atoms with Crippen molar-refractivity contribution in [3.63, 3.8) is 0 Å². The minimum Gasteiger partial charge on any atom is -0.378 e. The quantitative estimate of drug-likeness (QED) is 0.824. The Morgan fingerprint density at radius 2 is 2.64 bits per heavy atom. The number of thiazole rings is 1. The lowest BCUT2D eigenvalue weighted by atomic mass is 9.95. The summed E-state index contributed by atoms with van der Waals surface area (Å²) in [6, 6.07) is 0.200. The van der Waals surface area contributed by atoms with Crippen LogP contribution in [0.4, 0.5) is 0 Å². The van der Waals surface area contributed by atoms with Crippen molar-refractivity contribution in [1.29, 1.82) is 0 Å². The summed E-state index contributed by atoms with van der Waals surface area (Å²) in [5.74, 6) is 0.508. The number of ether oxygens (including phenoxy) is 1. The third kappa shape index (κ3) is 2.32. The Kier molecular flexibility index (Phi) is 3.15. The van der Waals surface area contributed by atoms with Crippen LogP contribution < -0.4 is 5.73 Å². The van der Waals surface area contributed by atoms with Crippen LogP contribution in [0.1, 0.15) is 18.4 Å². The molecule has 2 rings (SSSR count). The van der Waals surface area contributed by atoms with Crippen molar-refractivity contribution in [2.45, 2.75) is 31.9 Å². The van der Waals surface area contributed by atoms with E-state index in [1.807, 2.05) is 11.6 Å². The van der Waals surface area contributed by atoms with E-state index in [2.05, 4.69) is 11.9 Å². The van der Waals surface area contributed by atoms with E-state index >= 15 is 0 Å². The van der Waals surface area contributed by atoms with E-state index in [1.165, 1.54) is 0 Å². The highest BCUT2D eigenvalue weighted by Crippen LogP contribution is 2.23. The van der Waals surface area contributed by atoms with Crippen LogP contribution in [0, 0.1) is 5.92 Å². The molecular formula is C10H16N2OS. The van der Waals surface area contributed by atoms with Gasteiger partial charge in [0.15, 0.2) is 0 Å². The summed E-state index contributed by atoms with van der Waals surface area (Å²) in [5, 5.41) is 3.13. The Hall–Kier alpha value is -0.450. The second-order valence-corrected chi connectivity index (χ2v) is 4.91. The van der Waals surface area contributed by atoms with Crippen LogP contribution in [-0.4, -0.2) is 23.7 Å². The molecule has 4 heteroatoms. The van der Waals surface area contributed by atoms with Gasteiger partial charge in [-0.1, -0.05) is 0 Å². The lowest BCUT2D eigenvalue weighted by Crippen LogP contribution is -2.32. The van der Waals surface area contributed by atoms with E-state index in [1.54, 1.807) is 11.3 Å². The zero-order valence-electron chi connectivity index (χ0n) is 8.35. The topological polar surface area (TPSA) is 48.1 Å². The lowest BCUT2D eigenvalue weighted by Gasteiger charge is -2.15. The molecule has 1 saturated heterocycles. The van der Waals surface area contributed by atoms with E-state index in [9.17, 15) is 0 Å². The highest BCUT2D eigenvalue weighted by atomic mass is 32.1. The molecule has 2 N–H and O–H groups in total. The minimum absolute atomic E-state index is 0.200. The average molecular weight is 212 g/mol. The molecule has 0 aliphatic carbocycles. The van der Waals surface area contributed by atoms with Gasteiger partial charge >= 0.3 is 0 Å². The first-order chi connectivity index (χ1) is 6.75. The molecule has 0 amide bonds. The molecule has 3 nitrogen and oxygen atoms in total. The Labute approximate surface area is 88.3 Å². The normalized spacial score (nSPS) is 29.3. The second-order valence-electron chi connectivity index (χ2n) is 3.93. The van der Waals surface area contributed by atoms with Gasteiger partial charge in [0.2, 0.25) is 0 Å². The third-order valence-electron chi connectivity index (χ3n) is 2.73. The van der Waals surface area contributed by atoms with Gasteiger partial charge in [-0.15, -0.1) is 11.3 Å². The van der Waals surface area contributed by atoms with Crippen molar-refractivity contribution in [2.75, 3.05) is 6.61 Å². The van der Waals surface area contributed by atoms with Crippen molar-refractivity contribution in [2.24, 2.45) is 11.7 Å². The summed E-state index contributed by atoms with van der Waals surface area (Å²) in [5.41, 5.74) is 6.12. The molecule has 14 heavy (non-hydrogen) atoms. The molecule has 1 aliphatic heterocycles. The van der Waals surface area contributed by atoms with Gasteiger partial charge in [-0.3, -0.25) is 0 Å². The van der Waals surface area contributed by atoms with E-state index in [0.717, 1.165) is 24.5 Å². The molecule has 0 bridgehead atoms. The molecule has 3 unspecified atom stereocenters. The van der Waals surface area contributed by atoms with Crippen LogP contribution in [-0.2, 0) is 11.2 Å². The van der Waals surface area contributed by atoms with Gasteiger partial charge in [-0.2, -0.15) is 0 Å². The van der Waals surface area contributed by atoms with Crippen molar-refractivity contribution in [3.05, 3.63) is 16.6 Å². The average Bonchev–Trinajstić information content (AvgIpc) is 2.75. The van der Waals surface area contributed by atoms with Gasteiger partial charge in [0, 0.05) is 30.0 Å². The van der Waals surface area contributed by atoms with Crippen LogP contribution in [0.5, 0.6) is 0 Å². The maximum Gasteiger partial charge on any atom is 0.0940 e. The number of hydrogen-bond donors (Lipinski definition) is 1. The van der Waals surface area contributed by atoms with Crippen LogP contribution in [0.3, 0.4) is 0 Å². The molecule has 1 fully saturated rings. The summed E-state index contributed by atoms with van der Waals surface area (Å²) in [4.78, 5) is 4.24. The molecule has 0 radical (unpaired) electrons. The lowest BCUT2D eigenvalue weighted by molar-refractivity contribution is 0.118. The summed E-state index contributed by atoms with van der Waals surface area (Å²) in [7, 11) is 0. The fourth-order valence-electron chi connectivity index (χ4n) is 1.87. The summed E-state index contributed by atoms with van der Waals surface area (Å²) in [6.07, 6.45) is 4.19. The smallest absolute Gasteiger partial charge is 0.0940 e. The van der Waals surface area contributed by atoms with Crippen molar-refractivity contribution in [3.8, 4) is 0 Å². The minimum atomic E-state index is 0.200. The molecule has 0 aromatic carbocycles. The first kappa shape index (κ1) is 10.1. The fraction of sp³-hybridized carbons (Fsp3) is 0.700. The molecular weight excluding hydrogens is 196 g/mol. The Morgan fingerprint density at radius 1 is 1.79 bits per heavy atom. The number of aromatic nitrogens is 1. The molecule has 3 atom stereocenters. The summed E-state index contributed by atoms with van der Waals surface area (Å²) in [6.45, 7) is 2.92. The van der Waals surface area contributed by atoms with Crippen LogP contribution in [0.2, 0.25) is 0 Å². The van der Waals surface area contributed by atoms with Gasteiger partial charge in [0.25, 0.3) is 0 Å². The van der Waals surface area contributed by atoms with Gasteiger partial charge in [0.05, 0.1) is 17.7 Å². The number of rotatable bonds is 3. The van der Waals surface area contributed by atoms with Crippen LogP contribution in [0.15, 0.2) is 11.6 Å². The molecule has 0 saturated carbocycles. The third-order valence-corrected chi connectivity index (χ3v) is 3.53. The highest BCUT2D eigenvalue weighted by Gasteiger charge is 2.27. The van der Waals surface area contributed by atoms with Gasteiger partial charge < -0.3 is 10.5 Å². The van der Waals surface area contributed by atoms with Gasteiger partial charge in [-0.25, -0.2) is 4.98 Å². The second kappa shape index (κ2) is 4.38. The number of nitrogens with two attached hydrogens (primary N) is 1. The number of nitrogens with zero attached hydrogens (tertiary/aromatic N) is 1. The highest BCUT2D eigenvalue weighted by molar-refractivity contribution is 7.09. The van der Waals surface area contributed by atoms with E-state index < -0.39 is 0 Å². The van der Waals surface area contributed by atoms with Crippen LogP contribution >= 0.6 is 11.3 Å². The van der Waals surface area contributed by atoms with Crippen molar-refractivity contribution >= 4 is 11.3 Å².